The van der Waals surface area contributed by atoms with Crippen molar-refractivity contribution in [3.63, 3.8) is 0 Å². The van der Waals surface area contributed by atoms with Crippen LogP contribution >= 0.6 is 0 Å². The van der Waals surface area contributed by atoms with E-state index in [1.165, 1.54) is 6.07 Å². The second-order valence-electron chi connectivity index (χ2n) is 5.95. The average Bonchev–Trinajstić information content (AvgIpc) is 2.63. The fourth-order valence-corrected chi connectivity index (χ4v) is 2.48. The maximum absolute atomic E-state index is 13.6. The molecule has 0 aliphatic carbocycles. The van der Waals surface area contributed by atoms with Crippen molar-refractivity contribution in [2.75, 3.05) is 19.7 Å². The van der Waals surface area contributed by atoms with Crippen LogP contribution in [0.1, 0.15) is 29.5 Å². The molecular weight excluding hydrogens is 317 g/mol. The van der Waals surface area contributed by atoms with Crippen molar-refractivity contribution in [1.29, 1.82) is 0 Å². The predicted molar refractivity (Wildman–Crippen MR) is 100 cm³/mol. The Morgan fingerprint density at radius 3 is 2.56 bits per heavy atom. The van der Waals surface area contributed by atoms with E-state index in [0.29, 0.717) is 24.6 Å². The first-order valence-corrected chi connectivity index (χ1v) is 8.57. The van der Waals surface area contributed by atoms with Crippen molar-refractivity contribution in [3.8, 4) is 0 Å². The molecule has 0 bridgehead atoms. The molecule has 0 saturated carbocycles. The summed E-state index contributed by atoms with van der Waals surface area (Å²) < 4.78 is 13.6. The molecule has 0 saturated heterocycles. The number of guanidine groups is 1. The van der Waals surface area contributed by atoms with E-state index >= 15 is 0 Å². The predicted octanol–water partition coefficient (Wildman–Crippen LogP) is 2.97. The Morgan fingerprint density at radius 1 is 1.16 bits per heavy atom. The van der Waals surface area contributed by atoms with Gasteiger partial charge in [-0.2, -0.15) is 0 Å². The quantitative estimate of drug-likeness (QED) is 0.535. The fourth-order valence-electron chi connectivity index (χ4n) is 2.48. The van der Waals surface area contributed by atoms with Crippen LogP contribution in [0, 0.1) is 12.7 Å². The van der Waals surface area contributed by atoms with Gasteiger partial charge in [-0.1, -0.05) is 42.5 Å². The monoisotopic (exact) mass is 343 g/mol. The Kier molecular flexibility index (Phi) is 7.41. The van der Waals surface area contributed by atoms with Crippen LogP contribution in [-0.2, 0) is 6.54 Å². The van der Waals surface area contributed by atoms with Gasteiger partial charge in [-0.15, -0.1) is 0 Å². The highest BCUT2D eigenvalue weighted by molar-refractivity contribution is 5.79. The minimum atomic E-state index is -0.213. The van der Waals surface area contributed by atoms with Gasteiger partial charge in [0.05, 0.1) is 13.2 Å². The lowest BCUT2D eigenvalue weighted by atomic mass is 10.0. The number of rotatable bonds is 7. The minimum Gasteiger partial charge on any atom is -0.396 e. The van der Waals surface area contributed by atoms with E-state index in [2.05, 4.69) is 15.6 Å². The lowest BCUT2D eigenvalue weighted by Crippen LogP contribution is -2.39. The summed E-state index contributed by atoms with van der Waals surface area (Å²) in [6.45, 7) is 5.47. The number of nitrogens with zero attached hydrogens (tertiary/aromatic N) is 1. The third kappa shape index (κ3) is 5.87. The summed E-state index contributed by atoms with van der Waals surface area (Å²) in [6, 6.07) is 15.0. The van der Waals surface area contributed by atoms with Gasteiger partial charge in [0.25, 0.3) is 0 Å². The Labute approximate surface area is 148 Å². The second-order valence-corrected chi connectivity index (χ2v) is 5.95. The SMILES string of the molecule is CCNC(=NCc1ccc(C)c(F)c1)NCC(CO)c1ccccc1. The zero-order chi connectivity index (χ0) is 18.1. The molecule has 0 fully saturated rings. The number of nitrogens with one attached hydrogen (secondary N) is 2. The molecule has 2 rings (SSSR count). The third-order valence-corrected chi connectivity index (χ3v) is 4.01. The standard InChI is InChI=1S/C20H26FN3O/c1-3-22-20(23-12-16-10-9-15(2)19(21)11-16)24-13-18(14-25)17-7-5-4-6-8-17/h4-11,18,25H,3,12-14H2,1-2H3,(H2,22,23,24). The highest BCUT2D eigenvalue weighted by atomic mass is 19.1. The van der Waals surface area contributed by atoms with Crippen LogP contribution in [0.2, 0.25) is 0 Å². The molecule has 4 nitrogen and oxygen atoms in total. The van der Waals surface area contributed by atoms with Crippen molar-refractivity contribution in [2.24, 2.45) is 4.99 Å². The van der Waals surface area contributed by atoms with E-state index in [4.69, 9.17) is 0 Å². The highest BCUT2D eigenvalue weighted by Crippen LogP contribution is 2.13. The molecule has 1 atom stereocenters. The van der Waals surface area contributed by atoms with Gasteiger partial charge in [0.15, 0.2) is 5.96 Å². The number of halogens is 1. The second kappa shape index (κ2) is 9.79. The Morgan fingerprint density at radius 2 is 1.92 bits per heavy atom. The van der Waals surface area contributed by atoms with Crippen molar-refractivity contribution < 1.29 is 9.50 Å². The molecule has 0 spiro atoms. The van der Waals surface area contributed by atoms with Crippen LogP contribution < -0.4 is 10.6 Å². The van der Waals surface area contributed by atoms with Gasteiger partial charge in [-0.25, -0.2) is 9.38 Å². The molecule has 1 unspecified atom stereocenters. The molecule has 0 aliphatic heterocycles. The van der Waals surface area contributed by atoms with E-state index < -0.39 is 0 Å². The number of hydrogen-bond acceptors (Lipinski definition) is 2. The van der Waals surface area contributed by atoms with Gasteiger partial charge in [-0.05, 0) is 36.6 Å². The largest absolute Gasteiger partial charge is 0.396 e. The van der Waals surface area contributed by atoms with Gasteiger partial charge in [0.2, 0.25) is 0 Å². The summed E-state index contributed by atoms with van der Waals surface area (Å²) in [5.41, 5.74) is 2.53. The molecule has 5 heteroatoms. The van der Waals surface area contributed by atoms with Crippen LogP contribution in [0.4, 0.5) is 4.39 Å². The number of benzene rings is 2. The topological polar surface area (TPSA) is 56.7 Å². The summed E-state index contributed by atoms with van der Waals surface area (Å²) in [6.07, 6.45) is 0. The summed E-state index contributed by atoms with van der Waals surface area (Å²) in [5.74, 6) is 0.426. The van der Waals surface area contributed by atoms with Crippen LogP contribution in [0.5, 0.6) is 0 Å². The number of aryl methyl sites for hydroxylation is 1. The number of aliphatic hydroxyl groups excluding tert-OH is 1. The number of hydrogen-bond donors (Lipinski definition) is 3. The summed E-state index contributed by atoms with van der Waals surface area (Å²) >= 11 is 0. The molecule has 2 aromatic rings. The first kappa shape index (κ1) is 18.9. The highest BCUT2D eigenvalue weighted by Gasteiger charge is 2.10. The third-order valence-electron chi connectivity index (χ3n) is 4.01. The van der Waals surface area contributed by atoms with E-state index in [1.807, 2.05) is 43.3 Å². The van der Waals surface area contributed by atoms with Crippen molar-refractivity contribution in [1.82, 2.24) is 10.6 Å². The van der Waals surface area contributed by atoms with Crippen molar-refractivity contribution in [3.05, 3.63) is 71.0 Å². The van der Waals surface area contributed by atoms with Crippen LogP contribution in [0.25, 0.3) is 0 Å². The normalized spacial score (nSPS) is 12.7. The first-order valence-electron chi connectivity index (χ1n) is 8.57. The Balaban J connectivity index is 2.00. The Bertz CT molecular complexity index is 689. The summed E-state index contributed by atoms with van der Waals surface area (Å²) in [4.78, 5) is 4.50. The van der Waals surface area contributed by atoms with Crippen LogP contribution in [0.3, 0.4) is 0 Å². The van der Waals surface area contributed by atoms with Gasteiger partial charge in [0.1, 0.15) is 5.82 Å². The minimum absolute atomic E-state index is 0.0122. The molecule has 0 heterocycles. The van der Waals surface area contributed by atoms with Gasteiger partial charge in [0, 0.05) is 19.0 Å². The molecule has 3 N–H and O–H groups in total. The molecule has 0 aromatic heterocycles. The molecular formula is C20H26FN3O. The maximum Gasteiger partial charge on any atom is 0.191 e. The molecule has 134 valence electrons. The lowest BCUT2D eigenvalue weighted by molar-refractivity contribution is 0.265. The fraction of sp³-hybridized carbons (Fsp3) is 0.350. The van der Waals surface area contributed by atoms with Gasteiger partial charge >= 0.3 is 0 Å². The molecule has 25 heavy (non-hydrogen) atoms. The van der Waals surface area contributed by atoms with Crippen molar-refractivity contribution >= 4 is 5.96 Å². The molecule has 2 aromatic carbocycles. The van der Waals surface area contributed by atoms with E-state index in [1.54, 1.807) is 13.0 Å². The Hall–Kier alpha value is -2.40. The average molecular weight is 343 g/mol. The molecule has 0 radical (unpaired) electrons. The zero-order valence-electron chi connectivity index (χ0n) is 14.8. The van der Waals surface area contributed by atoms with E-state index in [0.717, 1.165) is 17.7 Å². The van der Waals surface area contributed by atoms with Crippen LogP contribution in [0.15, 0.2) is 53.5 Å². The van der Waals surface area contributed by atoms with E-state index in [-0.39, 0.29) is 18.3 Å². The first-order chi connectivity index (χ1) is 12.1. The van der Waals surface area contributed by atoms with Crippen molar-refractivity contribution in [2.45, 2.75) is 26.3 Å². The number of aliphatic hydroxyl groups is 1. The van der Waals surface area contributed by atoms with Crippen LogP contribution in [-0.4, -0.2) is 30.8 Å². The van der Waals surface area contributed by atoms with E-state index in [9.17, 15) is 9.50 Å². The van der Waals surface area contributed by atoms with Gasteiger partial charge < -0.3 is 15.7 Å². The number of aliphatic imine (C=N–C) groups is 1. The smallest absolute Gasteiger partial charge is 0.191 e. The lowest BCUT2D eigenvalue weighted by Gasteiger charge is -2.18. The summed E-state index contributed by atoms with van der Waals surface area (Å²) in [7, 11) is 0. The maximum atomic E-state index is 13.6. The summed E-state index contributed by atoms with van der Waals surface area (Å²) in [5, 5.41) is 16.1. The zero-order valence-corrected chi connectivity index (χ0v) is 14.8. The van der Waals surface area contributed by atoms with Gasteiger partial charge in [-0.3, -0.25) is 0 Å². The molecule has 0 aliphatic rings. The molecule has 0 amide bonds.